The van der Waals surface area contributed by atoms with Crippen LogP contribution in [0.15, 0.2) is 29.0 Å². The molecule has 3 N–H and O–H groups in total. The normalized spacial score (nSPS) is 15.7. The molecule has 4 rings (SSSR count). The van der Waals surface area contributed by atoms with Crippen LogP contribution in [0.4, 0.5) is 8.78 Å². The number of aromatic amines is 1. The summed E-state index contributed by atoms with van der Waals surface area (Å²) < 4.78 is 32.4. The lowest BCUT2D eigenvalue weighted by Gasteiger charge is -2.21. The van der Waals surface area contributed by atoms with Crippen molar-refractivity contribution in [1.82, 2.24) is 30.7 Å². The van der Waals surface area contributed by atoms with Crippen LogP contribution < -0.4 is 10.6 Å². The SMILES string of the molecule is Cl.O=C(NCc1noc(-c2c(F)cccc2F)n1)C1NCCc2[nH]cnc21. The topological polar surface area (TPSA) is 109 Å². The first kappa shape index (κ1) is 18.9. The Morgan fingerprint density at radius 2 is 2.11 bits per heavy atom. The van der Waals surface area contributed by atoms with E-state index in [0.29, 0.717) is 12.2 Å². The fourth-order valence-corrected chi connectivity index (χ4v) is 2.83. The van der Waals surface area contributed by atoms with Crippen LogP contribution in [0.3, 0.4) is 0 Å². The van der Waals surface area contributed by atoms with Gasteiger partial charge in [0.1, 0.15) is 23.2 Å². The first-order valence-electron chi connectivity index (χ1n) is 7.93. The minimum atomic E-state index is -0.804. The van der Waals surface area contributed by atoms with Gasteiger partial charge < -0.3 is 20.1 Å². The third-order valence-electron chi connectivity index (χ3n) is 4.08. The lowest BCUT2D eigenvalue weighted by atomic mass is 10.1. The first-order valence-corrected chi connectivity index (χ1v) is 7.93. The Labute approximate surface area is 158 Å². The Morgan fingerprint density at radius 1 is 1.33 bits per heavy atom. The Morgan fingerprint density at radius 3 is 2.89 bits per heavy atom. The van der Waals surface area contributed by atoms with Crippen molar-refractivity contribution in [2.45, 2.75) is 19.0 Å². The Kier molecular flexibility index (Phi) is 5.47. The summed E-state index contributed by atoms with van der Waals surface area (Å²) in [6.07, 6.45) is 2.31. The first-order chi connectivity index (χ1) is 12.6. The summed E-state index contributed by atoms with van der Waals surface area (Å²) in [5, 5.41) is 9.40. The van der Waals surface area contributed by atoms with E-state index in [1.54, 1.807) is 6.33 Å². The number of H-pyrrole nitrogens is 1. The van der Waals surface area contributed by atoms with Gasteiger partial charge in [-0.15, -0.1) is 12.4 Å². The van der Waals surface area contributed by atoms with E-state index >= 15 is 0 Å². The summed E-state index contributed by atoms with van der Waals surface area (Å²) in [6, 6.07) is 2.85. The lowest BCUT2D eigenvalue weighted by molar-refractivity contribution is -0.123. The quantitative estimate of drug-likeness (QED) is 0.619. The Bertz CT molecular complexity index is 940. The number of carbonyl (C=O) groups excluding carboxylic acids is 1. The number of aromatic nitrogens is 4. The molecule has 0 radical (unpaired) electrons. The molecule has 0 aliphatic carbocycles. The van der Waals surface area contributed by atoms with E-state index in [1.807, 2.05) is 0 Å². The number of imidazole rings is 1. The highest BCUT2D eigenvalue weighted by Gasteiger charge is 2.28. The second-order valence-corrected chi connectivity index (χ2v) is 5.73. The molecule has 2 aromatic heterocycles. The molecule has 1 amide bonds. The molecule has 0 fully saturated rings. The summed E-state index contributed by atoms with van der Waals surface area (Å²) in [5.41, 5.74) is 1.17. The fourth-order valence-electron chi connectivity index (χ4n) is 2.83. The molecule has 11 heteroatoms. The van der Waals surface area contributed by atoms with Crippen molar-refractivity contribution in [2.75, 3.05) is 6.54 Å². The van der Waals surface area contributed by atoms with Gasteiger partial charge in [-0.2, -0.15) is 4.98 Å². The molecule has 1 aliphatic heterocycles. The van der Waals surface area contributed by atoms with E-state index in [1.165, 1.54) is 6.07 Å². The fraction of sp³-hybridized carbons (Fsp3) is 0.250. The molecule has 0 bridgehead atoms. The largest absolute Gasteiger partial charge is 0.348 e. The number of amides is 1. The molecule has 1 aromatic carbocycles. The molecule has 3 aromatic rings. The van der Waals surface area contributed by atoms with Gasteiger partial charge in [0.15, 0.2) is 5.82 Å². The number of benzene rings is 1. The molecule has 1 atom stereocenters. The molecule has 0 saturated heterocycles. The van der Waals surface area contributed by atoms with Crippen LogP contribution in [-0.2, 0) is 17.8 Å². The molecule has 27 heavy (non-hydrogen) atoms. The van der Waals surface area contributed by atoms with Gasteiger partial charge in [-0.05, 0) is 12.1 Å². The number of nitrogens with one attached hydrogen (secondary N) is 3. The number of hydrogen-bond acceptors (Lipinski definition) is 6. The molecular formula is C16H15ClF2N6O2. The summed E-state index contributed by atoms with van der Waals surface area (Å²) in [7, 11) is 0. The van der Waals surface area contributed by atoms with Crippen molar-refractivity contribution in [2.24, 2.45) is 0 Å². The predicted octanol–water partition coefficient (Wildman–Crippen LogP) is 1.66. The predicted molar refractivity (Wildman–Crippen MR) is 91.8 cm³/mol. The third kappa shape index (κ3) is 3.67. The van der Waals surface area contributed by atoms with Crippen molar-refractivity contribution in [1.29, 1.82) is 0 Å². The number of carbonyl (C=O) groups is 1. The van der Waals surface area contributed by atoms with Crippen molar-refractivity contribution in [3.05, 3.63) is 53.4 Å². The van der Waals surface area contributed by atoms with Crippen LogP contribution in [0.5, 0.6) is 0 Å². The standard InChI is InChI=1S/C16H14F2N6O2.ClH/c17-8-2-1-3-9(18)12(8)16-23-11(24-26-16)6-20-15(25)14-13-10(4-5-19-14)21-7-22-13;/h1-3,7,14,19H,4-6H2,(H,20,25)(H,21,22);1H. The average molecular weight is 397 g/mol. The van der Waals surface area contributed by atoms with E-state index in [4.69, 9.17) is 4.52 Å². The number of nitrogens with zero attached hydrogens (tertiary/aromatic N) is 3. The highest BCUT2D eigenvalue weighted by atomic mass is 35.5. The zero-order valence-electron chi connectivity index (χ0n) is 13.8. The van der Waals surface area contributed by atoms with Crippen molar-refractivity contribution < 1.29 is 18.1 Å². The maximum Gasteiger partial charge on any atom is 0.263 e. The second-order valence-electron chi connectivity index (χ2n) is 5.73. The van der Waals surface area contributed by atoms with Gasteiger partial charge >= 0.3 is 0 Å². The van der Waals surface area contributed by atoms with E-state index in [0.717, 1.165) is 24.2 Å². The highest BCUT2D eigenvalue weighted by Crippen LogP contribution is 2.24. The van der Waals surface area contributed by atoms with Gasteiger partial charge in [0.05, 0.1) is 18.6 Å². The minimum Gasteiger partial charge on any atom is -0.348 e. The maximum atomic E-state index is 13.8. The summed E-state index contributed by atoms with van der Waals surface area (Å²) in [4.78, 5) is 23.5. The molecule has 0 saturated carbocycles. The highest BCUT2D eigenvalue weighted by molar-refractivity contribution is 5.85. The van der Waals surface area contributed by atoms with Gasteiger partial charge in [0.2, 0.25) is 5.91 Å². The van der Waals surface area contributed by atoms with E-state index < -0.39 is 23.2 Å². The average Bonchev–Trinajstić information content (AvgIpc) is 3.28. The second kappa shape index (κ2) is 7.80. The molecule has 3 heterocycles. The van der Waals surface area contributed by atoms with E-state index in [9.17, 15) is 13.6 Å². The van der Waals surface area contributed by atoms with E-state index in [-0.39, 0.29) is 36.6 Å². The van der Waals surface area contributed by atoms with Crippen molar-refractivity contribution in [3.8, 4) is 11.5 Å². The zero-order valence-corrected chi connectivity index (χ0v) is 14.6. The third-order valence-corrected chi connectivity index (χ3v) is 4.08. The monoisotopic (exact) mass is 396 g/mol. The Hall–Kier alpha value is -2.85. The van der Waals surface area contributed by atoms with Crippen LogP contribution >= 0.6 is 12.4 Å². The Balaban J connectivity index is 0.00000210. The number of fused-ring (bicyclic) bond motifs is 1. The zero-order chi connectivity index (χ0) is 18.1. The van der Waals surface area contributed by atoms with Crippen LogP contribution in [-0.4, -0.2) is 32.6 Å². The van der Waals surface area contributed by atoms with Gasteiger partial charge in [0.25, 0.3) is 5.89 Å². The molecule has 1 unspecified atom stereocenters. The summed E-state index contributed by atoms with van der Waals surface area (Å²) >= 11 is 0. The minimum absolute atomic E-state index is 0. The van der Waals surface area contributed by atoms with Crippen LogP contribution in [0, 0.1) is 11.6 Å². The smallest absolute Gasteiger partial charge is 0.263 e. The van der Waals surface area contributed by atoms with Crippen LogP contribution in [0.1, 0.15) is 23.3 Å². The van der Waals surface area contributed by atoms with Gasteiger partial charge in [-0.3, -0.25) is 4.79 Å². The van der Waals surface area contributed by atoms with Gasteiger partial charge in [0, 0.05) is 18.7 Å². The molecular weight excluding hydrogens is 382 g/mol. The summed E-state index contributed by atoms with van der Waals surface area (Å²) in [5.74, 6) is -2.09. The van der Waals surface area contributed by atoms with Crippen LogP contribution in [0.2, 0.25) is 0 Å². The van der Waals surface area contributed by atoms with E-state index in [2.05, 4.69) is 30.7 Å². The number of halogens is 3. The van der Waals surface area contributed by atoms with Crippen LogP contribution in [0.25, 0.3) is 11.5 Å². The number of rotatable bonds is 4. The number of hydrogen-bond donors (Lipinski definition) is 3. The van der Waals surface area contributed by atoms with Crippen molar-refractivity contribution >= 4 is 18.3 Å². The molecule has 142 valence electrons. The van der Waals surface area contributed by atoms with Gasteiger partial charge in [-0.25, -0.2) is 13.8 Å². The van der Waals surface area contributed by atoms with Gasteiger partial charge in [-0.1, -0.05) is 11.2 Å². The molecule has 1 aliphatic rings. The lowest BCUT2D eigenvalue weighted by Crippen LogP contribution is -2.41. The molecule has 0 spiro atoms. The molecule has 8 nitrogen and oxygen atoms in total. The summed E-state index contributed by atoms with van der Waals surface area (Å²) in [6.45, 7) is 0.600. The van der Waals surface area contributed by atoms with Crippen molar-refractivity contribution in [3.63, 3.8) is 0 Å². The maximum absolute atomic E-state index is 13.8.